The third-order valence-electron chi connectivity index (χ3n) is 3.34. The van der Waals surface area contributed by atoms with E-state index >= 15 is 0 Å². The molecule has 1 amide bonds. The maximum Gasteiger partial charge on any atom is 0.222 e. The van der Waals surface area contributed by atoms with Crippen LogP contribution in [0.1, 0.15) is 40.5 Å². The maximum atomic E-state index is 11.7. The van der Waals surface area contributed by atoms with Gasteiger partial charge in [-0.25, -0.2) is 0 Å². The minimum absolute atomic E-state index is 0.350. The Balaban J connectivity index is 2.20. The average Bonchev–Trinajstić information content (AvgIpc) is 2.55. The number of carbonyl (C=O) groups excluding carboxylic acids is 1. The van der Waals surface area contributed by atoms with Crippen molar-refractivity contribution in [2.24, 2.45) is 11.8 Å². The van der Waals surface area contributed by atoms with Crippen molar-refractivity contribution in [3.05, 3.63) is 0 Å². The summed E-state index contributed by atoms with van der Waals surface area (Å²) in [6.07, 6.45) is 1.82. The summed E-state index contributed by atoms with van der Waals surface area (Å²) in [4.78, 5) is 13.8. The largest absolute Gasteiger partial charge is 0.342 e. The van der Waals surface area contributed by atoms with Gasteiger partial charge in [-0.1, -0.05) is 27.7 Å². The highest BCUT2D eigenvalue weighted by atomic mass is 16.2. The predicted molar refractivity (Wildman–Crippen MR) is 67.3 cm³/mol. The van der Waals surface area contributed by atoms with Crippen molar-refractivity contribution in [3.8, 4) is 0 Å². The van der Waals surface area contributed by atoms with E-state index in [4.69, 9.17) is 0 Å². The van der Waals surface area contributed by atoms with E-state index in [1.807, 2.05) is 4.90 Å². The SMILES string of the molecule is CC(C)NCCCN1CC(C(C)C)CC1=O. The van der Waals surface area contributed by atoms with E-state index in [1.165, 1.54) is 0 Å². The number of hydrogen-bond acceptors (Lipinski definition) is 2. The first-order valence-corrected chi connectivity index (χ1v) is 6.52. The fraction of sp³-hybridized carbons (Fsp3) is 0.923. The molecule has 94 valence electrons. The third-order valence-corrected chi connectivity index (χ3v) is 3.34. The Labute approximate surface area is 99.6 Å². The molecule has 1 fully saturated rings. The van der Waals surface area contributed by atoms with Gasteiger partial charge in [0.25, 0.3) is 0 Å². The maximum absolute atomic E-state index is 11.7. The van der Waals surface area contributed by atoms with Gasteiger partial charge in [-0.2, -0.15) is 0 Å². The van der Waals surface area contributed by atoms with Gasteiger partial charge in [-0.05, 0) is 24.8 Å². The highest BCUT2D eigenvalue weighted by Crippen LogP contribution is 2.24. The standard InChI is InChI=1S/C13H26N2O/c1-10(2)12-8-13(16)15(9-12)7-5-6-14-11(3)4/h10-12,14H,5-9H2,1-4H3. The summed E-state index contributed by atoms with van der Waals surface area (Å²) in [5, 5.41) is 3.38. The van der Waals surface area contributed by atoms with Gasteiger partial charge in [0.05, 0.1) is 0 Å². The minimum atomic E-state index is 0.350. The minimum Gasteiger partial charge on any atom is -0.342 e. The Morgan fingerprint density at radius 1 is 1.38 bits per heavy atom. The number of carbonyl (C=O) groups is 1. The zero-order valence-electron chi connectivity index (χ0n) is 11.1. The van der Waals surface area contributed by atoms with Gasteiger partial charge >= 0.3 is 0 Å². The molecule has 0 aromatic heterocycles. The summed E-state index contributed by atoms with van der Waals surface area (Å²) in [7, 11) is 0. The lowest BCUT2D eigenvalue weighted by atomic mass is 9.95. The van der Waals surface area contributed by atoms with Crippen molar-refractivity contribution in [1.29, 1.82) is 0 Å². The van der Waals surface area contributed by atoms with E-state index in [0.717, 1.165) is 32.5 Å². The molecule has 1 aliphatic heterocycles. The van der Waals surface area contributed by atoms with Gasteiger partial charge in [0, 0.05) is 25.6 Å². The van der Waals surface area contributed by atoms with E-state index in [9.17, 15) is 4.79 Å². The second-order valence-electron chi connectivity index (χ2n) is 5.51. The van der Waals surface area contributed by atoms with Crippen LogP contribution in [-0.4, -0.2) is 36.5 Å². The third kappa shape index (κ3) is 4.12. The van der Waals surface area contributed by atoms with Gasteiger partial charge in [-0.15, -0.1) is 0 Å². The molecule has 0 radical (unpaired) electrons. The van der Waals surface area contributed by atoms with Crippen LogP contribution in [0.15, 0.2) is 0 Å². The first kappa shape index (κ1) is 13.5. The lowest BCUT2D eigenvalue weighted by Crippen LogP contribution is -2.31. The molecule has 1 unspecified atom stereocenters. The molecule has 0 aromatic carbocycles. The molecule has 0 spiro atoms. The summed E-state index contributed by atoms with van der Waals surface area (Å²) in [5.41, 5.74) is 0. The molecule has 1 N–H and O–H groups in total. The van der Waals surface area contributed by atoms with Crippen molar-refractivity contribution in [2.75, 3.05) is 19.6 Å². The molecule has 1 saturated heterocycles. The molecule has 1 atom stereocenters. The van der Waals surface area contributed by atoms with Crippen LogP contribution in [0.4, 0.5) is 0 Å². The number of hydrogen-bond donors (Lipinski definition) is 1. The Bertz CT molecular complexity index is 226. The molecule has 1 rings (SSSR count). The van der Waals surface area contributed by atoms with Gasteiger partial charge in [0.15, 0.2) is 0 Å². The summed E-state index contributed by atoms with van der Waals surface area (Å²) >= 11 is 0. The van der Waals surface area contributed by atoms with Crippen molar-refractivity contribution in [2.45, 2.75) is 46.6 Å². The number of nitrogens with one attached hydrogen (secondary N) is 1. The Morgan fingerprint density at radius 3 is 2.56 bits per heavy atom. The summed E-state index contributed by atoms with van der Waals surface area (Å²) in [6, 6.07) is 0.540. The normalized spacial score (nSPS) is 21.5. The Kier molecular flexibility index (Phi) is 5.26. The number of likely N-dealkylation sites (tertiary alicyclic amines) is 1. The van der Waals surface area contributed by atoms with Crippen LogP contribution in [0.5, 0.6) is 0 Å². The number of nitrogens with zero attached hydrogens (tertiary/aromatic N) is 1. The molecule has 3 nitrogen and oxygen atoms in total. The summed E-state index contributed by atoms with van der Waals surface area (Å²) < 4.78 is 0. The van der Waals surface area contributed by atoms with Gasteiger partial charge < -0.3 is 10.2 Å². The van der Waals surface area contributed by atoms with Crippen LogP contribution in [0.3, 0.4) is 0 Å². The average molecular weight is 226 g/mol. The highest BCUT2D eigenvalue weighted by molar-refractivity contribution is 5.78. The number of amides is 1. The van der Waals surface area contributed by atoms with Crippen LogP contribution < -0.4 is 5.32 Å². The van der Waals surface area contributed by atoms with E-state index < -0.39 is 0 Å². The van der Waals surface area contributed by atoms with Gasteiger partial charge in [0.2, 0.25) is 5.91 Å². The predicted octanol–water partition coefficient (Wildman–Crippen LogP) is 1.88. The highest BCUT2D eigenvalue weighted by Gasteiger charge is 2.30. The van der Waals surface area contributed by atoms with E-state index in [0.29, 0.717) is 23.8 Å². The number of rotatable bonds is 6. The molecular weight excluding hydrogens is 200 g/mol. The molecule has 0 saturated carbocycles. The van der Waals surface area contributed by atoms with E-state index in [2.05, 4.69) is 33.0 Å². The van der Waals surface area contributed by atoms with Crippen LogP contribution in [0.2, 0.25) is 0 Å². The first-order valence-electron chi connectivity index (χ1n) is 6.52. The topological polar surface area (TPSA) is 32.3 Å². The van der Waals surface area contributed by atoms with Crippen LogP contribution >= 0.6 is 0 Å². The molecule has 1 heterocycles. The zero-order chi connectivity index (χ0) is 12.1. The van der Waals surface area contributed by atoms with Gasteiger partial charge in [-0.3, -0.25) is 4.79 Å². The van der Waals surface area contributed by atoms with Crippen molar-refractivity contribution in [1.82, 2.24) is 10.2 Å². The van der Waals surface area contributed by atoms with Crippen molar-refractivity contribution >= 4 is 5.91 Å². The fourth-order valence-corrected chi connectivity index (χ4v) is 2.13. The van der Waals surface area contributed by atoms with Crippen LogP contribution in [-0.2, 0) is 4.79 Å². The Hall–Kier alpha value is -0.570. The monoisotopic (exact) mass is 226 g/mol. The summed E-state index contributed by atoms with van der Waals surface area (Å²) in [6.45, 7) is 11.6. The van der Waals surface area contributed by atoms with E-state index in [-0.39, 0.29) is 0 Å². The zero-order valence-corrected chi connectivity index (χ0v) is 11.1. The lowest BCUT2D eigenvalue weighted by molar-refractivity contribution is -0.127. The van der Waals surface area contributed by atoms with Crippen LogP contribution in [0.25, 0.3) is 0 Å². The van der Waals surface area contributed by atoms with Gasteiger partial charge in [0.1, 0.15) is 0 Å². The van der Waals surface area contributed by atoms with Crippen molar-refractivity contribution < 1.29 is 4.79 Å². The van der Waals surface area contributed by atoms with E-state index in [1.54, 1.807) is 0 Å². The van der Waals surface area contributed by atoms with Crippen molar-refractivity contribution in [3.63, 3.8) is 0 Å². The quantitative estimate of drug-likeness (QED) is 0.701. The Morgan fingerprint density at radius 2 is 2.06 bits per heavy atom. The molecule has 3 heteroatoms. The molecule has 0 bridgehead atoms. The fourth-order valence-electron chi connectivity index (χ4n) is 2.13. The molecule has 1 aliphatic rings. The second-order valence-corrected chi connectivity index (χ2v) is 5.51. The molecule has 0 aromatic rings. The molecule has 16 heavy (non-hydrogen) atoms. The summed E-state index contributed by atoms with van der Waals surface area (Å²) in [5.74, 6) is 1.55. The molecular formula is C13H26N2O. The first-order chi connectivity index (χ1) is 7.50. The molecule has 0 aliphatic carbocycles. The smallest absolute Gasteiger partial charge is 0.222 e. The lowest BCUT2D eigenvalue weighted by Gasteiger charge is -2.18. The van der Waals surface area contributed by atoms with Crippen LogP contribution in [0, 0.1) is 11.8 Å². The second kappa shape index (κ2) is 6.24.